The van der Waals surface area contributed by atoms with Gasteiger partial charge in [0.05, 0.1) is 7.11 Å². The van der Waals surface area contributed by atoms with E-state index >= 15 is 0 Å². The first-order valence-corrected chi connectivity index (χ1v) is 8.07. The molecule has 0 saturated heterocycles. The van der Waals surface area contributed by atoms with Gasteiger partial charge >= 0.3 is 12.0 Å². The second-order valence-corrected chi connectivity index (χ2v) is 5.58. The maximum absolute atomic E-state index is 12.3. The monoisotopic (exact) mass is 346 g/mol. The van der Waals surface area contributed by atoms with Gasteiger partial charge in [-0.25, -0.2) is 9.59 Å². The molecule has 0 unspecified atom stereocenters. The van der Waals surface area contributed by atoms with Crippen LogP contribution in [0.1, 0.15) is 5.56 Å². The maximum Gasteiger partial charge on any atom is 0.330 e. The predicted octanol–water partition coefficient (Wildman–Crippen LogP) is 4.67. The molecular formula is C21H18N2O3. The van der Waals surface area contributed by atoms with Crippen molar-refractivity contribution in [2.75, 3.05) is 17.7 Å². The molecule has 3 aromatic carbocycles. The van der Waals surface area contributed by atoms with Crippen molar-refractivity contribution in [1.82, 2.24) is 0 Å². The molecule has 0 radical (unpaired) electrons. The van der Waals surface area contributed by atoms with Crippen LogP contribution in [-0.2, 0) is 9.53 Å². The lowest BCUT2D eigenvalue weighted by molar-refractivity contribution is -0.134. The van der Waals surface area contributed by atoms with Crippen LogP contribution in [-0.4, -0.2) is 19.1 Å². The van der Waals surface area contributed by atoms with Crippen molar-refractivity contribution in [3.8, 4) is 0 Å². The van der Waals surface area contributed by atoms with E-state index in [1.54, 1.807) is 24.3 Å². The topological polar surface area (TPSA) is 67.4 Å². The molecule has 0 atom stereocenters. The third-order valence-corrected chi connectivity index (χ3v) is 3.82. The average Bonchev–Trinajstić information content (AvgIpc) is 2.67. The summed E-state index contributed by atoms with van der Waals surface area (Å²) in [5.74, 6) is -0.458. The molecule has 0 fully saturated rings. The Morgan fingerprint density at radius 2 is 1.62 bits per heavy atom. The normalized spacial score (nSPS) is 10.7. The zero-order valence-electron chi connectivity index (χ0n) is 14.2. The number of methoxy groups -OCH3 is 1. The van der Waals surface area contributed by atoms with Crippen LogP contribution in [0.4, 0.5) is 16.2 Å². The first kappa shape index (κ1) is 17.2. The molecule has 3 rings (SSSR count). The number of hydrogen-bond donors (Lipinski definition) is 2. The molecule has 0 bridgehead atoms. The standard InChI is InChI=1S/C21H18N2O3/c1-26-20(24)13-11-16-7-4-5-9-19(16)23-21(25)22-18-12-10-15-6-2-3-8-17(15)14-18/h2-14H,1H3,(H2,22,23,25). The summed E-state index contributed by atoms with van der Waals surface area (Å²) in [5, 5.41) is 7.77. The molecule has 0 aromatic heterocycles. The average molecular weight is 346 g/mol. The van der Waals surface area contributed by atoms with Crippen molar-refractivity contribution in [2.24, 2.45) is 0 Å². The molecule has 130 valence electrons. The van der Waals surface area contributed by atoms with Gasteiger partial charge in [0.1, 0.15) is 0 Å². The smallest absolute Gasteiger partial charge is 0.330 e. The van der Waals surface area contributed by atoms with Gasteiger partial charge in [0, 0.05) is 17.5 Å². The van der Waals surface area contributed by atoms with Gasteiger partial charge in [0.25, 0.3) is 0 Å². The molecule has 5 heteroatoms. The number of fused-ring (bicyclic) bond motifs is 1. The second kappa shape index (κ2) is 7.98. The van der Waals surface area contributed by atoms with Crippen LogP contribution in [0.3, 0.4) is 0 Å². The Labute approximate surface area is 151 Å². The van der Waals surface area contributed by atoms with Gasteiger partial charge < -0.3 is 15.4 Å². The van der Waals surface area contributed by atoms with Gasteiger partial charge in [-0.2, -0.15) is 0 Å². The van der Waals surface area contributed by atoms with Crippen LogP contribution in [0.15, 0.2) is 72.8 Å². The Hall–Kier alpha value is -3.60. The highest BCUT2D eigenvalue weighted by molar-refractivity contribution is 6.02. The highest BCUT2D eigenvalue weighted by Gasteiger charge is 2.06. The number of anilines is 2. The number of hydrogen-bond acceptors (Lipinski definition) is 3. The minimum Gasteiger partial charge on any atom is -0.466 e. The van der Waals surface area contributed by atoms with Crippen LogP contribution < -0.4 is 10.6 Å². The Bertz CT molecular complexity index is 980. The predicted molar refractivity (Wildman–Crippen MR) is 104 cm³/mol. The lowest BCUT2D eigenvalue weighted by atomic mass is 10.1. The van der Waals surface area contributed by atoms with Gasteiger partial charge in [-0.3, -0.25) is 0 Å². The molecule has 0 aliphatic rings. The molecule has 26 heavy (non-hydrogen) atoms. The van der Waals surface area contributed by atoms with E-state index in [4.69, 9.17) is 0 Å². The number of ether oxygens (including phenoxy) is 1. The van der Waals surface area contributed by atoms with E-state index in [-0.39, 0.29) is 6.03 Å². The number of esters is 1. The van der Waals surface area contributed by atoms with Gasteiger partial charge in [-0.05, 0) is 40.6 Å². The Kier molecular flexibility index (Phi) is 5.29. The van der Waals surface area contributed by atoms with E-state index < -0.39 is 5.97 Å². The molecule has 0 aliphatic heterocycles. The van der Waals surface area contributed by atoms with Crippen LogP contribution in [0, 0.1) is 0 Å². The summed E-state index contributed by atoms with van der Waals surface area (Å²) in [6.07, 6.45) is 2.90. The zero-order valence-corrected chi connectivity index (χ0v) is 14.2. The molecule has 0 heterocycles. The van der Waals surface area contributed by atoms with Crippen molar-refractivity contribution in [3.05, 3.63) is 78.4 Å². The van der Waals surface area contributed by atoms with Crippen LogP contribution >= 0.6 is 0 Å². The van der Waals surface area contributed by atoms with Gasteiger partial charge in [0.15, 0.2) is 0 Å². The summed E-state index contributed by atoms with van der Waals surface area (Å²) in [7, 11) is 1.31. The minimum atomic E-state index is -0.458. The number of urea groups is 1. The summed E-state index contributed by atoms with van der Waals surface area (Å²) in [6.45, 7) is 0. The Balaban J connectivity index is 1.73. The largest absolute Gasteiger partial charge is 0.466 e. The highest BCUT2D eigenvalue weighted by atomic mass is 16.5. The molecule has 0 aliphatic carbocycles. The molecule has 2 N–H and O–H groups in total. The van der Waals surface area contributed by atoms with Crippen molar-refractivity contribution in [3.63, 3.8) is 0 Å². The Morgan fingerprint density at radius 1 is 0.885 bits per heavy atom. The second-order valence-electron chi connectivity index (χ2n) is 5.58. The molecule has 0 spiro atoms. The lowest BCUT2D eigenvalue weighted by Crippen LogP contribution is -2.19. The van der Waals surface area contributed by atoms with Crippen LogP contribution in [0.25, 0.3) is 16.8 Å². The van der Waals surface area contributed by atoms with E-state index in [0.717, 1.165) is 10.8 Å². The first-order chi connectivity index (χ1) is 12.7. The van der Waals surface area contributed by atoms with Crippen LogP contribution in [0.2, 0.25) is 0 Å². The quantitative estimate of drug-likeness (QED) is 0.533. The highest BCUT2D eigenvalue weighted by Crippen LogP contribution is 2.20. The molecule has 2 amide bonds. The van der Waals surface area contributed by atoms with E-state index in [0.29, 0.717) is 16.9 Å². The summed E-state index contributed by atoms with van der Waals surface area (Å²) < 4.78 is 4.58. The third-order valence-electron chi connectivity index (χ3n) is 3.82. The van der Waals surface area contributed by atoms with Gasteiger partial charge in [0.2, 0.25) is 0 Å². The van der Waals surface area contributed by atoms with E-state index in [9.17, 15) is 9.59 Å². The minimum absolute atomic E-state index is 0.362. The first-order valence-electron chi connectivity index (χ1n) is 8.07. The van der Waals surface area contributed by atoms with Crippen molar-refractivity contribution < 1.29 is 14.3 Å². The summed E-state index contributed by atoms with van der Waals surface area (Å²) >= 11 is 0. The fourth-order valence-corrected chi connectivity index (χ4v) is 2.53. The van der Waals surface area contributed by atoms with Crippen LogP contribution in [0.5, 0.6) is 0 Å². The number of carbonyl (C=O) groups is 2. The molecular weight excluding hydrogens is 328 g/mol. The number of nitrogens with one attached hydrogen (secondary N) is 2. The van der Waals surface area contributed by atoms with Gasteiger partial charge in [-0.15, -0.1) is 0 Å². The fourth-order valence-electron chi connectivity index (χ4n) is 2.53. The van der Waals surface area contributed by atoms with E-state index in [1.165, 1.54) is 13.2 Å². The zero-order chi connectivity index (χ0) is 18.4. The fraction of sp³-hybridized carbons (Fsp3) is 0.0476. The number of carbonyl (C=O) groups excluding carboxylic acids is 2. The van der Waals surface area contributed by atoms with E-state index in [2.05, 4.69) is 15.4 Å². The summed E-state index contributed by atoms with van der Waals surface area (Å²) in [6, 6.07) is 20.5. The number of rotatable bonds is 4. The van der Waals surface area contributed by atoms with Crippen molar-refractivity contribution >= 4 is 40.2 Å². The summed E-state index contributed by atoms with van der Waals surface area (Å²) in [5.41, 5.74) is 1.99. The molecule has 0 saturated carbocycles. The number of benzene rings is 3. The lowest BCUT2D eigenvalue weighted by Gasteiger charge is -2.10. The van der Waals surface area contributed by atoms with Crippen molar-refractivity contribution in [1.29, 1.82) is 0 Å². The maximum atomic E-state index is 12.3. The molecule has 5 nitrogen and oxygen atoms in total. The van der Waals surface area contributed by atoms with E-state index in [1.807, 2.05) is 48.5 Å². The SMILES string of the molecule is COC(=O)C=Cc1ccccc1NC(=O)Nc1ccc2ccccc2c1. The number of amides is 2. The molecule has 3 aromatic rings. The summed E-state index contributed by atoms with van der Waals surface area (Å²) in [4.78, 5) is 23.6. The number of para-hydroxylation sites is 1. The van der Waals surface area contributed by atoms with Gasteiger partial charge in [-0.1, -0.05) is 48.5 Å². The Morgan fingerprint density at radius 3 is 2.42 bits per heavy atom. The third kappa shape index (κ3) is 4.27. The van der Waals surface area contributed by atoms with Crippen molar-refractivity contribution in [2.45, 2.75) is 0 Å².